The number of nitrogens with one attached hydrogen (secondary N) is 1. The van der Waals surface area contributed by atoms with E-state index < -0.39 is 12.7 Å². The molecule has 1 nitrogen and oxygen atoms in total. The van der Waals surface area contributed by atoms with E-state index in [4.69, 9.17) is 0 Å². The first-order chi connectivity index (χ1) is 7.49. The molecule has 94 valence electrons. The molecule has 2 saturated carbocycles. The summed E-state index contributed by atoms with van der Waals surface area (Å²) in [6.45, 7) is -0.829. The highest BCUT2D eigenvalue weighted by atomic mass is 19.4. The molecule has 0 aromatic carbocycles. The van der Waals surface area contributed by atoms with Gasteiger partial charge >= 0.3 is 6.18 Å². The Labute approximate surface area is 94.8 Å². The zero-order valence-corrected chi connectivity index (χ0v) is 9.58. The minimum Gasteiger partial charge on any atom is -0.306 e. The second-order valence-corrected chi connectivity index (χ2v) is 5.48. The summed E-state index contributed by atoms with van der Waals surface area (Å²) in [5.74, 6) is 0. The zero-order chi connectivity index (χ0) is 11.6. The highest BCUT2D eigenvalue weighted by Gasteiger charge is 2.38. The summed E-state index contributed by atoms with van der Waals surface area (Å²) < 4.78 is 36.1. The van der Waals surface area contributed by atoms with Gasteiger partial charge in [-0.15, -0.1) is 0 Å². The van der Waals surface area contributed by atoms with E-state index in [2.05, 4.69) is 5.32 Å². The third kappa shape index (κ3) is 3.12. The summed E-state index contributed by atoms with van der Waals surface area (Å²) in [5.41, 5.74) is 0.510. The summed E-state index contributed by atoms with van der Waals surface area (Å²) in [7, 11) is 0. The van der Waals surface area contributed by atoms with Gasteiger partial charge in [0, 0.05) is 6.04 Å². The van der Waals surface area contributed by atoms with Crippen molar-refractivity contribution in [3.63, 3.8) is 0 Å². The summed E-state index contributed by atoms with van der Waals surface area (Å²) in [5, 5.41) is 2.64. The molecule has 0 aliphatic heterocycles. The number of halogens is 3. The van der Waals surface area contributed by atoms with Crippen LogP contribution < -0.4 is 5.32 Å². The van der Waals surface area contributed by atoms with Gasteiger partial charge in [0.05, 0.1) is 6.54 Å². The maximum Gasteiger partial charge on any atom is 0.401 e. The van der Waals surface area contributed by atoms with E-state index in [1.165, 1.54) is 25.7 Å². The second-order valence-electron chi connectivity index (χ2n) is 5.48. The Bertz CT molecular complexity index is 221. The van der Waals surface area contributed by atoms with Gasteiger partial charge < -0.3 is 5.32 Å². The lowest BCUT2D eigenvalue weighted by atomic mass is 9.71. The van der Waals surface area contributed by atoms with Gasteiger partial charge in [-0.2, -0.15) is 13.2 Å². The molecule has 2 fully saturated rings. The Balaban J connectivity index is 1.73. The van der Waals surface area contributed by atoms with E-state index in [-0.39, 0.29) is 6.04 Å². The maximum atomic E-state index is 12.0. The lowest BCUT2D eigenvalue weighted by molar-refractivity contribution is -0.127. The molecule has 2 rings (SSSR count). The summed E-state index contributed by atoms with van der Waals surface area (Å²) in [4.78, 5) is 0. The van der Waals surface area contributed by atoms with Crippen molar-refractivity contribution in [3.8, 4) is 0 Å². The molecular formula is C12H20F3N. The van der Waals surface area contributed by atoms with Gasteiger partial charge in [-0.3, -0.25) is 0 Å². The van der Waals surface area contributed by atoms with E-state index in [0.717, 1.165) is 25.7 Å². The normalized spacial score (nSPS) is 26.4. The molecule has 0 bridgehead atoms. The minimum atomic E-state index is -4.07. The molecule has 2 aliphatic rings. The molecule has 0 aromatic heterocycles. The van der Waals surface area contributed by atoms with Crippen LogP contribution in [0.25, 0.3) is 0 Å². The highest BCUT2D eigenvalue weighted by Crippen LogP contribution is 2.48. The van der Waals surface area contributed by atoms with Gasteiger partial charge in [0.25, 0.3) is 0 Å². The minimum absolute atomic E-state index is 0.0906. The van der Waals surface area contributed by atoms with E-state index in [9.17, 15) is 13.2 Å². The largest absolute Gasteiger partial charge is 0.401 e. The number of hydrogen-bond donors (Lipinski definition) is 1. The van der Waals surface area contributed by atoms with Crippen LogP contribution in [0.3, 0.4) is 0 Å². The molecule has 1 spiro atoms. The lowest BCUT2D eigenvalue weighted by Crippen LogP contribution is -2.41. The second kappa shape index (κ2) is 4.55. The quantitative estimate of drug-likeness (QED) is 0.770. The molecule has 0 aromatic rings. The Hall–Kier alpha value is -0.250. The molecule has 0 atom stereocenters. The first-order valence-electron chi connectivity index (χ1n) is 6.29. The van der Waals surface area contributed by atoms with Crippen LogP contribution in [0.5, 0.6) is 0 Å². The number of alkyl halides is 3. The summed E-state index contributed by atoms with van der Waals surface area (Å²) >= 11 is 0. The van der Waals surface area contributed by atoms with Crippen molar-refractivity contribution in [2.75, 3.05) is 6.54 Å². The van der Waals surface area contributed by atoms with E-state index in [0.29, 0.717) is 5.41 Å². The molecule has 0 radical (unpaired) electrons. The molecule has 2 aliphatic carbocycles. The smallest absolute Gasteiger partial charge is 0.306 e. The van der Waals surface area contributed by atoms with Crippen LogP contribution >= 0.6 is 0 Å². The first-order valence-corrected chi connectivity index (χ1v) is 6.29. The van der Waals surface area contributed by atoms with Crippen LogP contribution in [-0.4, -0.2) is 18.8 Å². The molecular weight excluding hydrogens is 215 g/mol. The maximum absolute atomic E-state index is 12.0. The Kier molecular flexibility index (Phi) is 3.48. The molecule has 0 heterocycles. The van der Waals surface area contributed by atoms with Gasteiger partial charge in [0.15, 0.2) is 0 Å². The predicted octanol–water partition coefficient (Wildman–Crippen LogP) is 3.64. The standard InChI is InChI=1S/C12H20F3N/c13-12(14,15)9-16-10-3-7-11(8-4-10)5-1-2-6-11/h10,16H,1-9H2. The fourth-order valence-electron chi connectivity index (χ4n) is 3.32. The zero-order valence-electron chi connectivity index (χ0n) is 9.58. The van der Waals surface area contributed by atoms with Gasteiger partial charge in [0.2, 0.25) is 0 Å². The average molecular weight is 235 g/mol. The van der Waals surface area contributed by atoms with Crippen molar-refractivity contribution in [3.05, 3.63) is 0 Å². The Morgan fingerprint density at radius 3 is 2.06 bits per heavy atom. The van der Waals surface area contributed by atoms with Crippen LogP contribution in [0.15, 0.2) is 0 Å². The third-order valence-electron chi connectivity index (χ3n) is 4.30. The molecule has 0 amide bonds. The van der Waals surface area contributed by atoms with Crippen LogP contribution in [0.2, 0.25) is 0 Å². The lowest BCUT2D eigenvalue weighted by Gasteiger charge is -2.37. The van der Waals surface area contributed by atoms with Crippen LogP contribution in [0, 0.1) is 5.41 Å². The van der Waals surface area contributed by atoms with Crippen LogP contribution in [0.4, 0.5) is 13.2 Å². The first kappa shape index (κ1) is 12.2. The molecule has 1 N–H and O–H groups in total. The monoisotopic (exact) mass is 235 g/mol. The number of rotatable bonds is 2. The van der Waals surface area contributed by atoms with Crippen molar-refractivity contribution < 1.29 is 13.2 Å². The van der Waals surface area contributed by atoms with Crippen LogP contribution in [0.1, 0.15) is 51.4 Å². The van der Waals surface area contributed by atoms with E-state index in [1.54, 1.807) is 0 Å². The Morgan fingerprint density at radius 1 is 1.00 bits per heavy atom. The molecule has 0 saturated heterocycles. The highest BCUT2D eigenvalue weighted by molar-refractivity contribution is 4.91. The molecule has 4 heteroatoms. The average Bonchev–Trinajstić information content (AvgIpc) is 2.65. The van der Waals surface area contributed by atoms with Crippen molar-refractivity contribution in [2.45, 2.75) is 63.6 Å². The number of hydrogen-bond acceptors (Lipinski definition) is 1. The SMILES string of the molecule is FC(F)(F)CNC1CCC2(CCCC2)CC1. The summed E-state index contributed by atoms with van der Waals surface area (Å²) in [6.07, 6.45) is 5.29. The molecule has 16 heavy (non-hydrogen) atoms. The van der Waals surface area contributed by atoms with Crippen molar-refractivity contribution in [1.82, 2.24) is 5.32 Å². The predicted molar refractivity (Wildman–Crippen MR) is 57.2 cm³/mol. The van der Waals surface area contributed by atoms with Crippen molar-refractivity contribution in [2.24, 2.45) is 5.41 Å². The fraction of sp³-hybridized carbons (Fsp3) is 1.00. The van der Waals surface area contributed by atoms with E-state index >= 15 is 0 Å². The van der Waals surface area contributed by atoms with E-state index in [1.807, 2.05) is 0 Å². The van der Waals surface area contributed by atoms with Crippen LogP contribution in [-0.2, 0) is 0 Å². The fourth-order valence-corrected chi connectivity index (χ4v) is 3.32. The van der Waals surface area contributed by atoms with Gasteiger partial charge in [-0.25, -0.2) is 0 Å². The van der Waals surface area contributed by atoms with Gasteiger partial charge in [-0.1, -0.05) is 12.8 Å². The van der Waals surface area contributed by atoms with Crippen molar-refractivity contribution >= 4 is 0 Å². The van der Waals surface area contributed by atoms with Gasteiger partial charge in [-0.05, 0) is 43.9 Å². The van der Waals surface area contributed by atoms with Crippen molar-refractivity contribution in [1.29, 1.82) is 0 Å². The van der Waals surface area contributed by atoms with Gasteiger partial charge in [0.1, 0.15) is 0 Å². The molecule has 0 unspecified atom stereocenters. The Morgan fingerprint density at radius 2 is 1.56 bits per heavy atom. The summed E-state index contributed by atoms with van der Waals surface area (Å²) in [6, 6.07) is 0.0906. The topological polar surface area (TPSA) is 12.0 Å². The third-order valence-corrected chi connectivity index (χ3v) is 4.30.